The summed E-state index contributed by atoms with van der Waals surface area (Å²) >= 11 is 0. The zero-order valence-corrected chi connectivity index (χ0v) is 17.1. The van der Waals surface area contributed by atoms with Crippen LogP contribution in [0.5, 0.6) is 0 Å². The van der Waals surface area contributed by atoms with Gasteiger partial charge in [-0.1, -0.05) is 13.8 Å². The van der Waals surface area contributed by atoms with Crippen molar-refractivity contribution in [3.63, 3.8) is 0 Å². The van der Waals surface area contributed by atoms with Crippen LogP contribution in [0.25, 0.3) is 0 Å². The van der Waals surface area contributed by atoms with E-state index in [0.717, 1.165) is 0 Å². The highest BCUT2D eigenvalue weighted by Gasteiger charge is 2.25. The van der Waals surface area contributed by atoms with Crippen LogP contribution in [0.1, 0.15) is 47.4 Å². The average Bonchev–Trinajstić information content (AvgIpc) is 2.77. The molecule has 10 nitrogen and oxygen atoms in total. The Bertz CT molecular complexity index is 956. The highest BCUT2D eigenvalue weighted by molar-refractivity contribution is 5.90. The van der Waals surface area contributed by atoms with Gasteiger partial charge >= 0.3 is 11.9 Å². The molecule has 31 heavy (non-hydrogen) atoms. The van der Waals surface area contributed by atoms with Crippen LogP contribution in [0.3, 0.4) is 0 Å². The fourth-order valence-electron chi connectivity index (χ4n) is 2.59. The van der Waals surface area contributed by atoms with Crippen molar-refractivity contribution in [1.82, 2.24) is 0 Å². The molecule has 0 saturated heterocycles. The average molecular weight is 430 g/mol. The summed E-state index contributed by atoms with van der Waals surface area (Å²) in [5.74, 6) is -1.20. The SMILES string of the molecule is CC[C@](C)(CCOC(=O)c1ccc([N+](=O)[O-])cc1)COC(=O)c1ccc([N+](=O)[O-])cc1. The predicted molar refractivity (Wildman–Crippen MR) is 110 cm³/mol. The summed E-state index contributed by atoms with van der Waals surface area (Å²) in [7, 11) is 0. The highest BCUT2D eigenvalue weighted by atomic mass is 16.6. The first kappa shape index (κ1) is 23.5. The first-order valence-electron chi connectivity index (χ1n) is 9.48. The smallest absolute Gasteiger partial charge is 0.338 e. The predicted octanol–water partition coefficient (Wildman–Crippen LogP) is 4.32. The third kappa shape index (κ3) is 6.59. The number of rotatable bonds is 10. The molecule has 0 heterocycles. The number of nitro groups is 2. The summed E-state index contributed by atoms with van der Waals surface area (Å²) in [6.07, 6.45) is 1.07. The van der Waals surface area contributed by atoms with Gasteiger partial charge in [0.15, 0.2) is 0 Å². The van der Waals surface area contributed by atoms with E-state index in [1.54, 1.807) is 0 Å². The Morgan fingerprint density at radius 1 is 0.839 bits per heavy atom. The molecule has 0 aromatic heterocycles. The minimum absolute atomic E-state index is 0.0778. The third-order valence-corrected chi connectivity index (χ3v) is 4.97. The second-order valence-corrected chi connectivity index (χ2v) is 7.23. The summed E-state index contributed by atoms with van der Waals surface area (Å²) in [6.45, 7) is 3.96. The number of non-ortho nitro benzene ring substituents is 2. The summed E-state index contributed by atoms with van der Waals surface area (Å²) < 4.78 is 10.6. The molecule has 164 valence electrons. The molecular formula is C21H22N2O8. The molecular weight excluding hydrogens is 408 g/mol. The lowest BCUT2D eigenvalue weighted by molar-refractivity contribution is -0.385. The molecule has 2 rings (SSSR count). The second kappa shape index (κ2) is 10.3. The van der Waals surface area contributed by atoms with E-state index in [9.17, 15) is 29.8 Å². The van der Waals surface area contributed by atoms with Gasteiger partial charge in [-0.15, -0.1) is 0 Å². The normalized spacial score (nSPS) is 12.5. The van der Waals surface area contributed by atoms with Crippen LogP contribution in [0, 0.1) is 25.6 Å². The Morgan fingerprint density at radius 3 is 1.65 bits per heavy atom. The Balaban J connectivity index is 1.86. The molecule has 0 aliphatic rings. The lowest BCUT2D eigenvalue weighted by Gasteiger charge is -2.27. The van der Waals surface area contributed by atoms with Crippen LogP contribution < -0.4 is 0 Å². The van der Waals surface area contributed by atoms with Crippen LogP contribution in [0.2, 0.25) is 0 Å². The van der Waals surface area contributed by atoms with Crippen LogP contribution in [-0.4, -0.2) is 35.0 Å². The van der Waals surface area contributed by atoms with Gasteiger partial charge in [0, 0.05) is 29.7 Å². The molecule has 0 amide bonds. The Labute approximate surface area is 178 Å². The van der Waals surface area contributed by atoms with Crippen molar-refractivity contribution < 1.29 is 28.9 Å². The number of carbonyl (C=O) groups is 2. The summed E-state index contributed by atoms with van der Waals surface area (Å²) in [6, 6.07) is 10.2. The van der Waals surface area contributed by atoms with Crippen molar-refractivity contribution in [1.29, 1.82) is 0 Å². The number of hydrogen-bond donors (Lipinski definition) is 0. The molecule has 2 aromatic rings. The Hall–Kier alpha value is -3.82. The van der Waals surface area contributed by atoms with Gasteiger partial charge in [-0.25, -0.2) is 9.59 Å². The maximum Gasteiger partial charge on any atom is 0.338 e. The van der Waals surface area contributed by atoms with E-state index >= 15 is 0 Å². The molecule has 2 aromatic carbocycles. The number of esters is 2. The monoisotopic (exact) mass is 430 g/mol. The van der Waals surface area contributed by atoms with Crippen molar-refractivity contribution in [3.05, 3.63) is 79.9 Å². The number of nitrogens with zero attached hydrogens (tertiary/aromatic N) is 2. The third-order valence-electron chi connectivity index (χ3n) is 4.97. The van der Waals surface area contributed by atoms with Gasteiger partial charge in [0.1, 0.15) is 0 Å². The zero-order valence-electron chi connectivity index (χ0n) is 17.1. The van der Waals surface area contributed by atoms with E-state index in [1.165, 1.54) is 48.5 Å². The largest absolute Gasteiger partial charge is 0.462 e. The molecule has 0 saturated carbocycles. The van der Waals surface area contributed by atoms with E-state index in [0.29, 0.717) is 12.8 Å². The number of nitro benzene ring substituents is 2. The van der Waals surface area contributed by atoms with Crippen LogP contribution >= 0.6 is 0 Å². The molecule has 0 radical (unpaired) electrons. The topological polar surface area (TPSA) is 139 Å². The molecule has 0 aliphatic carbocycles. The minimum Gasteiger partial charge on any atom is -0.462 e. The van der Waals surface area contributed by atoms with Gasteiger partial charge in [-0.05, 0) is 37.1 Å². The number of hydrogen-bond acceptors (Lipinski definition) is 8. The minimum atomic E-state index is -0.601. The van der Waals surface area contributed by atoms with Gasteiger partial charge < -0.3 is 9.47 Å². The quantitative estimate of drug-likeness (QED) is 0.308. The first-order valence-corrected chi connectivity index (χ1v) is 9.48. The molecule has 0 bridgehead atoms. The van der Waals surface area contributed by atoms with E-state index in [2.05, 4.69) is 0 Å². The van der Waals surface area contributed by atoms with Gasteiger partial charge in [-0.2, -0.15) is 0 Å². The first-order chi connectivity index (χ1) is 14.6. The fraction of sp³-hybridized carbons (Fsp3) is 0.333. The van der Waals surface area contributed by atoms with E-state index in [1.807, 2.05) is 13.8 Å². The number of ether oxygens (including phenoxy) is 2. The molecule has 1 atom stereocenters. The van der Waals surface area contributed by atoms with E-state index in [4.69, 9.17) is 9.47 Å². The number of benzene rings is 2. The lowest BCUT2D eigenvalue weighted by atomic mass is 9.85. The maximum absolute atomic E-state index is 12.2. The summed E-state index contributed by atoms with van der Waals surface area (Å²) in [4.78, 5) is 44.5. The summed E-state index contributed by atoms with van der Waals surface area (Å²) in [5.41, 5.74) is -0.289. The zero-order chi connectivity index (χ0) is 23.0. The number of carbonyl (C=O) groups excluding carboxylic acids is 2. The molecule has 0 spiro atoms. The second-order valence-electron chi connectivity index (χ2n) is 7.23. The highest BCUT2D eigenvalue weighted by Crippen LogP contribution is 2.27. The standard InChI is InChI=1S/C21H22N2O8/c1-3-21(2,14-31-20(25)16-6-10-18(11-7-16)23(28)29)12-13-30-19(24)15-4-8-17(9-5-15)22(26)27/h4-11H,3,12-14H2,1-2H3/t21-/m1/s1. The lowest BCUT2D eigenvalue weighted by Crippen LogP contribution is -2.27. The molecule has 0 fully saturated rings. The molecule has 0 aliphatic heterocycles. The maximum atomic E-state index is 12.2. The van der Waals surface area contributed by atoms with E-state index < -0.39 is 27.2 Å². The van der Waals surface area contributed by atoms with Crippen molar-refractivity contribution in [2.24, 2.45) is 5.41 Å². The molecule has 0 unspecified atom stereocenters. The van der Waals surface area contributed by atoms with Crippen molar-refractivity contribution in [3.8, 4) is 0 Å². The van der Waals surface area contributed by atoms with Gasteiger partial charge in [-0.3, -0.25) is 20.2 Å². The van der Waals surface area contributed by atoms with Gasteiger partial charge in [0.2, 0.25) is 0 Å². The molecule has 10 heteroatoms. The van der Waals surface area contributed by atoms with Crippen LogP contribution in [0.15, 0.2) is 48.5 Å². The molecule has 0 N–H and O–H groups in total. The summed E-state index contributed by atoms with van der Waals surface area (Å²) in [5, 5.41) is 21.4. The van der Waals surface area contributed by atoms with Gasteiger partial charge in [0.05, 0.1) is 34.2 Å². The fourth-order valence-corrected chi connectivity index (χ4v) is 2.59. The van der Waals surface area contributed by atoms with Crippen LogP contribution in [0.4, 0.5) is 11.4 Å². The Kier molecular flexibility index (Phi) is 7.78. The van der Waals surface area contributed by atoms with Crippen molar-refractivity contribution >= 4 is 23.3 Å². The van der Waals surface area contributed by atoms with Crippen LogP contribution in [-0.2, 0) is 9.47 Å². The van der Waals surface area contributed by atoms with Gasteiger partial charge in [0.25, 0.3) is 11.4 Å². The van der Waals surface area contributed by atoms with E-state index in [-0.39, 0.29) is 35.7 Å². The van der Waals surface area contributed by atoms with Crippen molar-refractivity contribution in [2.45, 2.75) is 26.7 Å². The Morgan fingerprint density at radius 2 is 1.26 bits per heavy atom. The van der Waals surface area contributed by atoms with Crippen molar-refractivity contribution in [2.75, 3.05) is 13.2 Å².